The summed E-state index contributed by atoms with van der Waals surface area (Å²) >= 11 is 0. The Morgan fingerprint density at radius 3 is 3.00 bits per heavy atom. The molecule has 0 saturated heterocycles. The molecule has 9 nitrogen and oxygen atoms in total. The van der Waals surface area contributed by atoms with Crippen LogP contribution in [0.15, 0.2) is 29.3 Å². The molecule has 1 fully saturated rings. The van der Waals surface area contributed by atoms with Crippen molar-refractivity contribution in [2.24, 2.45) is 10.9 Å². The number of benzene rings is 1. The zero-order valence-electron chi connectivity index (χ0n) is 12.0. The molecule has 4 rings (SSSR count). The molecule has 1 aromatic carbocycles. The number of Topliss-reactive ketones (excluding diaryl/α,β-unsaturated/α-hetero) is 1. The van der Waals surface area contributed by atoms with E-state index in [2.05, 4.69) is 20.5 Å². The van der Waals surface area contributed by atoms with Crippen molar-refractivity contribution in [3.8, 4) is 0 Å². The van der Waals surface area contributed by atoms with E-state index < -0.39 is 16.9 Å². The minimum Gasteiger partial charge on any atom is -0.299 e. The fourth-order valence-corrected chi connectivity index (χ4v) is 3.29. The van der Waals surface area contributed by atoms with Crippen LogP contribution < -0.4 is 0 Å². The second-order valence-corrected chi connectivity index (χ2v) is 5.62. The molecule has 2 atom stereocenters. The fourth-order valence-electron chi connectivity index (χ4n) is 3.29. The highest BCUT2D eigenvalue weighted by Crippen LogP contribution is 2.39. The Morgan fingerprint density at radius 1 is 1.30 bits per heavy atom. The van der Waals surface area contributed by atoms with Gasteiger partial charge in [0.05, 0.1) is 16.9 Å². The van der Waals surface area contributed by atoms with Gasteiger partial charge in [-0.25, -0.2) is 9.67 Å². The molecule has 2 aliphatic rings. The number of carbonyl (C=O) groups excluding carboxylic acids is 1. The zero-order valence-corrected chi connectivity index (χ0v) is 12.0. The Hall–Kier alpha value is -2.97. The van der Waals surface area contributed by atoms with Crippen LogP contribution in [0, 0.1) is 16.0 Å². The number of rotatable bonds is 2. The van der Waals surface area contributed by atoms with Crippen LogP contribution in [-0.2, 0) is 4.79 Å². The fraction of sp³-hybridized carbons (Fsp3) is 0.357. The van der Waals surface area contributed by atoms with E-state index in [0.29, 0.717) is 24.4 Å². The van der Waals surface area contributed by atoms with E-state index in [4.69, 9.17) is 0 Å². The summed E-state index contributed by atoms with van der Waals surface area (Å²) < 4.78 is 1.48. The van der Waals surface area contributed by atoms with Gasteiger partial charge in [-0.3, -0.25) is 14.9 Å². The van der Waals surface area contributed by atoms with Crippen LogP contribution in [0.25, 0.3) is 0 Å². The maximum atomic E-state index is 12.5. The first-order valence-corrected chi connectivity index (χ1v) is 7.27. The van der Waals surface area contributed by atoms with Gasteiger partial charge in [-0.15, -0.1) is 0 Å². The molecule has 2 aromatic rings. The smallest absolute Gasteiger partial charge is 0.269 e. The first kappa shape index (κ1) is 13.7. The lowest BCUT2D eigenvalue weighted by Crippen LogP contribution is -2.39. The van der Waals surface area contributed by atoms with E-state index >= 15 is 0 Å². The molecule has 2 heterocycles. The summed E-state index contributed by atoms with van der Waals surface area (Å²) in [4.78, 5) is 27.5. The molecular weight excluding hydrogens is 300 g/mol. The second-order valence-electron chi connectivity index (χ2n) is 5.62. The summed E-state index contributed by atoms with van der Waals surface area (Å²) in [5.74, 6) is -0.0446. The summed E-state index contributed by atoms with van der Waals surface area (Å²) in [6, 6.07) is 5.77. The van der Waals surface area contributed by atoms with Gasteiger partial charge in [-0.05, 0) is 28.8 Å². The Kier molecular flexibility index (Phi) is 3.00. The van der Waals surface area contributed by atoms with Gasteiger partial charge in [-0.2, -0.15) is 0 Å². The molecule has 23 heavy (non-hydrogen) atoms. The Balaban J connectivity index is 1.88. The van der Waals surface area contributed by atoms with E-state index in [9.17, 15) is 14.9 Å². The number of fused-ring (bicyclic) bond motifs is 2. The van der Waals surface area contributed by atoms with Crippen molar-refractivity contribution < 1.29 is 9.72 Å². The Morgan fingerprint density at radius 2 is 2.17 bits per heavy atom. The van der Waals surface area contributed by atoms with Gasteiger partial charge < -0.3 is 0 Å². The SMILES string of the molecule is O=C1CCCC2=Nc3nnnn3C(c3cccc([N+](=O)[O-])c3)C12. The highest BCUT2D eigenvalue weighted by atomic mass is 16.6. The van der Waals surface area contributed by atoms with Crippen molar-refractivity contribution in [1.82, 2.24) is 20.2 Å². The van der Waals surface area contributed by atoms with Gasteiger partial charge in [-0.1, -0.05) is 17.2 Å². The van der Waals surface area contributed by atoms with Crippen molar-refractivity contribution in [1.29, 1.82) is 0 Å². The summed E-state index contributed by atoms with van der Waals surface area (Å²) in [6.45, 7) is 0. The summed E-state index contributed by atoms with van der Waals surface area (Å²) in [5.41, 5.74) is 1.38. The third kappa shape index (κ3) is 2.12. The lowest BCUT2D eigenvalue weighted by Gasteiger charge is -2.33. The highest BCUT2D eigenvalue weighted by molar-refractivity contribution is 6.09. The molecule has 116 valence electrons. The predicted octanol–water partition coefficient (Wildman–Crippen LogP) is 1.63. The van der Waals surface area contributed by atoms with E-state index in [1.54, 1.807) is 12.1 Å². The highest BCUT2D eigenvalue weighted by Gasteiger charge is 2.42. The third-order valence-corrected chi connectivity index (χ3v) is 4.28. The number of nitro groups is 1. The summed E-state index contributed by atoms with van der Waals surface area (Å²) in [5, 5.41) is 22.5. The van der Waals surface area contributed by atoms with Gasteiger partial charge in [0.1, 0.15) is 5.78 Å². The average Bonchev–Trinajstić information content (AvgIpc) is 3.01. The molecule has 2 unspecified atom stereocenters. The number of nitro benzene ring substituents is 1. The largest absolute Gasteiger partial charge is 0.299 e. The number of aromatic nitrogens is 4. The predicted molar refractivity (Wildman–Crippen MR) is 78.5 cm³/mol. The molecule has 0 N–H and O–H groups in total. The Bertz CT molecular complexity index is 843. The lowest BCUT2D eigenvalue weighted by molar-refractivity contribution is -0.384. The Labute approximate surface area is 130 Å². The number of nitrogens with zero attached hydrogens (tertiary/aromatic N) is 6. The van der Waals surface area contributed by atoms with E-state index in [-0.39, 0.29) is 11.5 Å². The zero-order chi connectivity index (χ0) is 16.0. The van der Waals surface area contributed by atoms with Crippen LogP contribution in [0.1, 0.15) is 30.9 Å². The lowest BCUT2D eigenvalue weighted by atomic mass is 9.78. The molecule has 1 aromatic heterocycles. The molecule has 0 bridgehead atoms. The van der Waals surface area contributed by atoms with Crippen molar-refractivity contribution in [2.75, 3.05) is 0 Å². The van der Waals surface area contributed by atoms with Crippen LogP contribution in [0.4, 0.5) is 11.6 Å². The van der Waals surface area contributed by atoms with Crippen molar-refractivity contribution in [2.45, 2.75) is 25.3 Å². The van der Waals surface area contributed by atoms with E-state index in [0.717, 1.165) is 12.1 Å². The molecular formula is C14H12N6O3. The molecule has 0 spiro atoms. The van der Waals surface area contributed by atoms with Crippen LogP contribution >= 0.6 is 0 Å². The summed E-state index contributed by atoms with van der Waals surface area (Å²) in [7, 11) is 0. The molecule has 1 aliphatic heterocycles. The minimum absolute atomic E-state index is 0.0237. The number of carbonyl (C=O) groups is 1. The normalized spacial score (nSPS) is 23.0. The first-order valence-electron chi connectivity index (χ1n) is 7.27. The van der Waals surface area contributed by atoms with E-state index in [1.807, 2.05) is 0 Å². The number of non-ortho nitro benzene ring substituents is 1. The van der Waals surface area contributed by atoms with Crippen molar-refractivity contribution in [3.05, 3.63) is 39.9 Å². The van der Waals surface area contributed by atoms with Gasteiger partial charge in [0, 0.05) is 24.3 Å². The van der Waals surface area contributed by atoms with Crippen molar-refractivity contribution >= 4 is 23.1 Å². The third-order valence-electron chi connectivity index (χ3n) is 4.28. The van der Waals surface area contributed by atoms with Crippen molar-refractivity contribution in [3.63, 3.8) is 0 Å². The van der Waals surface area contributed by atoms with Crippen LogP contribution in [0.2, 0.25) is 0 Å². The van der Waals surface area contributed by atoms with Gasteiger partial charge in [0.25, 0.3) is 11.6 Å². The quantitative estimate of drug-likeness (QED) is 0.614. The number of aliphatic imine (C=N–C) groups is 1. The molecule has 0 radical (unpaired) electrons. The maximum absolute atomic E-state index is 12.5. The second kappa shape index (κ2) is 5.04. The minimum atomic E-state index is -0.486. The maximum Gasteiger partial charge on any atom is 0.269 e. The van der Waals surface area contributed by atoms with Gasteiger partial charge in [0.2, 0.25) is 0 Å². The average molecular weight is 312 g/mol. The number of hydrogen-bond donors (Lipinski definition) is 0. The van der Waals surface area contributed by atoms with Gasteiger partial charge in [0.15, 0.2) is 0 Å². The first-order chi connectivity index (χ1) is 11.1. The van der Waals surface area contributed by atoms with Crippen LogP contribution in [-0.4, -0.2) is 36.6 Å². The van der Waals surface area contributed by atoms with E-state index in [1.165, 1.54) is 16.8 Å². The standard InChI is InChI=1S/C14H12N6O3/c21-11-6-2-5-10-12(11)13(19-14(15-10)16-17-18-19)8-3-1-4-9(7-8)20(22)23/h1,3-4,7,12-13H,2,5-6H2. The van der Waals surface area contributed by atoms with Crippen LogP contribution in [0.5, 0.6) is 0 Å². The molecule has 9 heteroatoms. The topological polar surface area (TPSA) is 116 Å². The molecule has 0 amide bonds. The summed E-state index contributed by atoms with van der Waals surface area (Å²) in [6.07, 6.45) is 1.96. The number of hydrogen-bond acceptors (Lipinski definition) is 7. The monoisotopic (exact) mass is 312 g/mol. The molecule has 1 saturated carbocycles. The van der Waals surface area contributed by atoms with Gasteiger partial charge >= 0.3 is 0 Å². The number of tetrazole rings is 1. The number of ketones is 1. The van der Waals surface area contributed by atoms with Crippen LogP contribution in [0.3, 0.4) is 0 Å². The molecule has 1 aliphatic carbocycles.